The number of rotatable bonds is 2. The van der Waals surface area contributed by atoms with Gasteiger partial charge < -0.3 is 23.8 Å². The third-order valence-electron chi connectivity index (χ3n) is 7.47. The average Bonchev–Trinajstić information content (AvgIpc) is 3.64. The summed E-state index contributed by atoms with van der Waals surface area (Å²) < 4.78 is 13.5. The first-order valence-electron chi connectivity index (χ1n) is 13.7. The number of likely N-dealkylation sites (N-methyl/N-ethyl adjacent to an activating group) is 1. The maximum atomic E-state index is 11.6. The van der Waals surface area contributed by atoms with E-state index in [1.165, 1.54) is 5.56 Å². The maximum Gasteiger partial charge on any atom is 0.410 e. The zero-order chi connectivity index (χ0) is 28.7. The van der Waals surface area contributed by atoms with E-state index in [-0.39, 0.29) is 11.7 Å². The van der Waals surface area contributed by atoms with Gasteiger partial charge in [-0.05, 0) is 75.7 Å². The fourth-order valence-corrected chi connectivity index (χ4v) is 5.53. The van der Waals surface area contributed by atoms with Gasteiger partial charge in [-0.15, -0.1) is 0 Å². The Hall–Kier alpha value is -3.20. The van der Waals surface area contributed by atoms with Gasteiger partial charge in [-0.25, -0.2) is 9.78 Å². The van der Waals surface area contributed by atoms with E-state index < -0.39 is 5.60 Å². The Balaban J connectivity index is 0.000000197. The minimum absolute atomic E-state index is 0.189. The second-order valence-electron chi connectivity index (χ2n) is 11.8. The number of aromatic nitrogens is 3. The molecule has 0 radical (unpaired) electrons. The predicted molar refractivity (Wildman–Crippen MR) is 157 cm³/mol. The smallest absolute Gasteiger partial charge is 0.410 e. The Kier molecular flexibility index (Phi) is 7.79. The van der Waals surface area contributed by atoms with Crippen LogP contribution in [0.25, 0.3) is 11.6 Å². The molecule has 2 saturated heterocycles. The summed E-state index contributed by atoms with van der Waals surface area (Å²) in [5.74, 6) is 0. The first kappa shape index (κ1) is 28.3. The fraction of sp³-hybridized carbons (Fsp3) is 0.452. The van der Waals surface area contributed by atoms with E-state index in [2.05, 4.69) is 44.7 Å². The Morgan fingerprint density at radius 3 is 2.45 bits per heavy atom. The zero-order valence-corrected chi connectivity index (χ0v) is 25.0. The summed E-state index contributed by atoms with van der Waals surface area (Å²) in [6, 6.07) is 10.2. The van der Waals surface area contributed by atoms with E-state index in [0.29, 0.717) is 6.61 Å². The van der Waals surface area contributed by atoms with E-state index in [1.807, 2.05) is 65.5 Å². The fourth-order valence-electron chi connectivity index (χ4n) is 5.36. The molecule has 2 aromatic heterocycles. The van der Waals surface area contributed by atoms with Crippen molar-refractivity contribution in [3.8, 4) is 0 Å². The number of ether oxygens (including phenoxy) is 2. The molecule has 1 aliphatic carbocycles. The number of hydrogen-bond acceptors (Lipinski definition) is 6. The van der Waals surface area contributed by atoms with Crippen molar-refractivity contribution in [1.82, 2.24) is 24.3 Å². The van der Waals surface area contributed by atoms with Crippen molar-refractivity contribution < 1.29 is 14.3 Å². The quantitative estimate of drug-likeness (QED) is 0.393. The van der Waals surface area contributed by atoms with Gasteiger partial charge in [0.1, 0.15) is 5.60 Å². The summed E-state index contributed by atoms with van der Waals surface area (Å²) in [6.45, 7) is 11.7. The summed E-state index contributed by atoms with van der Waals surface area (Å²) in [4.78, 5) is 24.7. The first-order valence-corrected chi connectivity index (χ1v) is 14.1. The summed E-state index contributed by atoms with van der Waals surface area (Å²) in [5.41, 5.74) is 6.90. The van der Waals surface area contributed by atoms with Gasteiger partial charge in [0.2, 0.25) is 0 Å². The standard InChI is InChI=1S/C21H18ClN3O.C10H20N2O2/c1-13-20(25(2)12-24-13)21(11-26-21)18-8-15-4-3-7-23-19(15)9-14-5-6-16(22)10-17(14)18;1-10(2,3)14-9(13)12-7-5-11(4)6-8-12/h3-8,10,12H,9,11H2,1-2H3;5-8H2,1-4H3. The van der Waals surface area contributed by atoms with Crippen LogP contribution in [0.4, 0.5) is 4.79 Å². The molecule has 0 bridgehead atoms. The van der Waals surface area contributed by atoms with Crippen molar-refractivity contribution >= 4 is 29.3 Å². The molecule has 0 N–H and O–H groups in total. The van der Waals surface area contributed by atoms with Crippen molar-refractivity contribution in [3.63, 3.8) is 0 Å². The number of nitrogens with zero attached hydrogens (tertiary/aromatic N) is 5. The van der Waals surface area contributed by atoms with E-state index >= 15 is 0 Å². The highest BCUT2D eigenvalue weighted by Crippen LogP contribution is 2.53. The molecule has 0 saturated carbocycles. The van der Waals surface area contributed by atoms with E-state index in [0.717, 1.165) is 71.4 Å². The highest BCUT2D eigenvalue weighted by molar-refractivity contribution is 6.30. The van der Waals surface area contributed by atoms with Crippen LogP contribution in [0.3, 0.4) is 0 Å². The number of aryl methyl sites for hydroxylation is 2. The van der Waals surface area contributed by atoms with Crippen LogP contribution in [0, 0.1) is 6.92 Å². The Morgan fingerprint density at radius 2 is 1.82 bits per heavy atom. The van der Waals surface area contributed by atoms with Gasteiger partial charge in [0, 0.05) is 56.4 Å². The molecule has 4 heterocycles. The number of pyridine rings is 1. The largest absolute Gasteiger partial charge is 0.444 e. The number of fused-ring (bicyclic) bond motifs is 2. The van der Waals surface area contributed by atoms with Crippen LogP contribution in [0.5, 0.6) is 0 Å². The minimum atomic E-state index is -0.480. The van der Waals surface area contributed by atoms with Crippen LogP contribution in [0.2, 0.25) is 5.02 Å². The molecule has 0 spiro atoms. The second kappa shape index (κ2) is 11.0. The van der Waals surface area contributed by atoms with E-state index in [4.69, 9.17) is 21.1 Å². The highest BCUT2D eigenvalue weighted by Gasteiger charge is 2.54. The number of amides is 1. The number of piperazine rings is 1. The molecule has 3 aromatic rings. The lowest BCUT2D eigenvalue weighted by Crippen LogP contribution is -2.48. The molecule has 1 unspecified atom stereocenters. The Labute approximate surface area is 241 Å². The second-order valence-corrected chi connectivity index (χ2v) is 12.2. The van der Waals surface area contributed by atoms with Gasteiger partial charge in [-0.1, -0.05) is 23.7 Å². The summed E-state index contributed by atoms with van der Waals surface area (Å²) >= 11 is 6.36. The van der Waals surface area contributed by atoms with E-state index in [9.17, 15) is 4.79 Å². The van der Waals surface area contributed by atoms with Crippen LogP contribution < -0.4 is 0 Å². The van der Waals surface area contributed by atoms with Crippen LogP contribution in [-0.4, -0.2) is 75.9 Å². The van der Waals surface area contributed by atoms with Crippen molar-refractivity contribution in [1.29, 1.82) is 0 Å². The third kappa shape index (κ3) is 5.94. The molecule has 2 fully saturated rings. The number of benzene rings is 1. The van der Waals surface area contributed by atoms with Gasteiger partial charge in [0.25, 0.3) is 0 Å². The lowest BCUT2D eigenvalue weighted by Gasteiger charge is -2.33. The summed E-state index contributed by atoms with van der Waals surface area (Å²) in [7, 11) is 4.08. The molecule has 9 heteroatoms. The van der Waals surface area contributed by atoms with Gasteiger partial charge in [0.05, 0.1) is 30.0 Å². The molecule has 1 aromatic carbocycles. The molecule has 3 aliphatic rings. The van der Waals surface area contributed by atoms with E-state index in [1.54, 1.807) is 4.90 Å². The molecule has 212 valence electrons. The lowest BCUT2D eigenvalue weighted by molar-refractivity contribution is 0.0164. The van der Waals surface area contributed by atoms with Crippen LogP contribution in [-0.2, 0) is 28.5 Å². The first-order chi connectivity index (χ1) is 19.0. The maximum absolute atomic E-state index is 11.6. The normalized spacial score (nSPS) is 20.4. The average molecular weight is 564 g/mol. The minimum Gasteiger partial charge on any atom is -0.444 e. The van der Waals surface area contributed by atoms with Gasteiger partial charge in [-0.2, -0.15) is 0 Å². The monoisotopic (exact) mass is 563 g/mol. The van der Waals surface area contributed by atoms with Crippen LogP contribution in [0.1, 0.15) is 54.5 Å². The van der Waals surface area contributed by atoms with Crippen molar-refractivity contribution in [2.75, 3.05) is 39.8 Å². The molecule has 2 aliphatic heterocycles. The highest BCUT2D eigenvalue weighted by atomic mass is 35.5. The van der Waals surface area contributed by atoms with Gasteiger partial charge in [-0.3, -0.25) is 4.98 Å². The zero-order valence-electron chi connectivity index (χ0n) is 24.2. The summed E-state index contributed by atoms with van der Waals surface area (Å²) in [6.07, 6.45) is 6.50. The number of carbonyl (C=O) groups excluding carboxylic acids is 1. The predicted octanol–water partition coefficient (Wildman–Crippen LogP) is 5.32. The third-order valence-corrected chi connectivity index (χ3v) is 7.71. The Bertz CT molecular complexity index is 1410. The summed E-state index contributed by atoms with van der Waals surface area (Å²) in [5, 5.41) is 0.728. The lowest BCUT2D eigenvalue weighted by atomic mass is 9.86. The molecular formula is C31H38ClN5O3. The Morgan fingerprint density at radius 1 is 1.10 bits per heavy atom. The molecule has 6 rings (SSSR count). The number of imidazole rings is 1. The SMILES string of the molecule is CN1CCN(C(=O)OC(C)(C)C)CC1.Cc1ncn(C)c1C1(C2=Cc3cccnc3Cc3ccc(Cl)cc32)CO1. The van der Waals surface area contributed by atoms with Crippen LogP contribution in [0.15, 0.2) is 42.9 Å². The molecular weight excluding hydrogens is 526 g/mol. The van der Waals surface area contributed by atoms with Crippen molar-refractivity contribution in [2.45, 2.75) is 45.3 Å². The molecule has 8 nitrogen and oxygen atoms in total. The van der Waals surface area contributed by atoms with Gasteiger partial charge in [0.15, 0.2) is 5.60 Å². The number of halogens is 1. The molecule has 40 heavy (non-hydrogen) atoms. The topological polar surface area (TPSA) is 76.0 Å². The molecule has 1 amide bonds. The van der Waals surface area contributed by atoms with Gasteiger partial charge >= 0.3 is 6.09 Å². The number of hydrogen-bond donors (Lipinski definition) is 0. The number of carbonyl (C=O) groups is 1. The molecule has 1 atom stereocenters. The van der Waals surface area contributed by atoms with Crippen molar-refractivity contribution in [2.24, 2.45) is 7.05 Å². The van der Waals surface area contributed by atoms with Crippen molar-refractivity contribution in [3.05, 3.63) is 81.7 Å². The van der Waals surface area contributed by atoms with Crippen LogP contribution >= 0.6 is 11.6 Å². The number of epoxide rings is 1.